The molecule has 5 heteroatoms. The van der Waals surface area contributed by atoms with Crippen LogP contribution in [-0.2, 0) is 0 Å². The molecule has 3 heterocycles. The Labute approximate surface area is 122 Å². The van der Waals surface area contributed by atoms with Crippen LogP contribution >= 0.6 is 11.3 Å². The number of aromatic nitrogens is 2. The number of carbonyl (C=O) groups excluding carboxylic acids is 1. The van der Waals surface area contributed by atoms with Crippen LogP contribution < -0.4 is 0 Å². The number of rotatable bonds is 2. The van der Waals surface area contributed by atoms with E-state index in [-0.39, 0.29) is 5.91 Å². The Hall–Kier alpha value is -1.62. The van der Waals surface area contributed by atoms with Crippen LogP contribution in [0.3, 0.4) is 0 Å². The molecule has 2 aromatic heterocycles. The van der Waals surface area contributed by atoms with E-state index in [0.29, 0.717) is 5.92 Å². The fraction of sp³-hybridized carbons (Fsp3) is 0.467. The van der Waals surface area contributed by atoms with Crippen LogP contribution in [0.25, 0.3) is 0 Å². The topological polar surface area (TPSA) is 49.0 Å². The molecule has 4 nitrogen and oxygen atoms in total. The van der Waals surface area contributed by atoms with Crippen molar-refractivity contribution >= 4 is 17.2 Å². The van der Waals surface area contributed by atoms with E-state index in [1.807, 2.05) is 36.4 Å². The molecule has 106 valence electrons. The smallest absolute Gasteiger partial charge is 0.263 e. The summed E-state index contributed by atoms with van der Waals surface area (Å²) in [4.78, 5) is 23.0. The fourth-order valence-electron chi connectivity index (χ4n) is 2.72. The first kappa shape index (κ1) is 13.4. The second kappa shape index (κ2) is 5.40. The number of aromatic amines is 1. The van der Waals surface area contributed by atoms with Crippen molar-refractivity contribution in [2.45, 2.75) is 32.6 Å². The van der Waals surface area contributed by atoms with Crippen molar-refractivity contribution < 1.29 is 4.79 Å². The molecule has 1 aliphatic heterocycles. The monoisotopic (exact) mass is 289 g/mol. The van der Waals surface area contributed by atoms with Gasteiger partial charge in [0.05, 0.1) is 4.88 Å². The SMILES string of the molecule is Cc1csc(C(=O)N2CCC[C@@H](c3ncc(C)[nH]3)C2)c1. The molecule has 0 spiro atoms. The quantitative estimate of drug-likeness (QED) is 0.923. The minimum atomic E-state index is 0.163. The molecule has 1 aliphatic rings. The standard InChI is InChI=1S/C15H19N3OS/c1-10-6-13(20-9-10)15(19)18-5-3-4-12(8-18)14-16-7-11(2)17-14/h6-7,9,12H,3-5,8H2,1-2H3,(H,16,17)/t12-/m1/s1. The molecule has 0 aromatic carbocycles. The predicted molar refractivity (Wildman–Crippen MR) is 80.3 cm³/mol. The number of hydrogen-bond acceptors (Lipinski definition) is 3. The van der Waals surface area contributed by atoms with Gasteiger partial charge in [0, 0.05) is 30.9 Å². The van der Waals surface area contributed by atoms with Gasteiger partial charge in [-0.05, 0) is 43.7 Å². The molecule has 1 saturated heterocycles. The van der Waals surface area contributed by atoms with Crippen molar-refractivity contribution in [1.82, 2.24) is 14.9 Å². The maximum absolute atomic E-state index is 12.5. The average Bonchev–Trinajstić information content (AvgIpc) is 3.07. The number of thiophene rings is 1. The van der Waals surface area contributed by atoms with Crippen molar-refractivity contribution in [2.75, 3.05) is 13.1 Å². The second-order valence-electron chi connectivity index (χ2n) is 5.53. The minimum Gasteiger partial charge on any atom is -0.346 e. The molecule has 3 rings (SSSR count). The van der Waals surface area contributed by atoms with Crippen LogP contribution in [0, 0.1) is 13.8 Å². The van der Waals surface area contributed by atoms with Crippen LogP contribution in [0.1, 0.15) is 45.5 Å². The lowest BCUT2D eigenvalue weighted by molar-refractivity contribution is 0.0709. The number of imidazole rings is 1. The van der Waals surface area contributed by atoms with E-state index < -0.39 is 0 Å². The first-order valence-corrected chi connectivity index (χ1v) is 7.87. The summed E-state index contributed by atoms with van der Waals surface area (Å²) in [6.45, 7) is 5.66. The molecule has 20 heavy (non-hydrogen) atoms. The Kier molecular flexibility index (Phi) is 3.61. The van der Waals surface area contributed by atoms with Crippen LogP contribution in [0.15, 0.2) is 17.6 Å². The highest BCUT2D eigenvalue weighted by molar-refractivity contribution is 7.12. The van der Waals surface area contributed by atoms with Crippen molar-refractivity contribution in [3.05, 3.63) is 39.6 Å². The van der Waals surface area contributed by atoms with Gasteiger partial charge in [-0.2, -0.15) is 0 Å². The highest BCUT2D eigenvalue weighted by atomic mass is 32.1. The largest absolute Gasteiger partial charge is 0.346 e. The molecule has 0 bridgehead atoms. The number of aryl methyl sites for hydroxylation is 2. The average molecular weight is 289 g/mol. The Balaban J connectivity index is 1.73. The van der Waals surface area contributed by atoms with Crippen LogP contribution in [-0.4, -0.2) is 33.9 Å². The molecule has 1 N–H and O–H groups in total. The van der Waals surface area contributed by atoms with Gasteiger partial charge in [-0.25, -0.2) is 4.98 Å². The molecule has 0 unspecified atom stereocenters. The van der Waals surface area contributed by atoms with E-state index in [1.54, 1.807) is 0 Å². The van der Waals surface area contributed by atoms with E-state index in [4.69, 9.17) is 0 Å². The van der Waals surface area contributed by atoms with Crippen LogP contribution in [0.5, 0.6) is 0 Å². The zero-order valence-electron chi connectivity index (χ0n) is 11.8. The van der Waals surface area contributed by atoms with Gasteiger partial charge in [-0.15, -0.1) is 11.3 Å². The van der Waals surface area contributed by atoms with Gasteiger partial charge >= 0.3 is 0 Å². The lowest BCUT2D eigenvalue weighted by Gasteiger charge is -2.31. The zero-order chi connectivity index (χ0) is 14.1. The summed E-state index contributed by atoms with van der Waals surface area (Å²) in [5.41, 5.74) is 2.24. The maximum Gasteiger partial charge on any atom is 0.263 e. The Morgan fingerprint density at radius 2 is 2.35 bits per heavy atom. The van der Waals surface area contributed by atoms with Gasteiger partial charge in [0.15, 0.2) is 0 Å². The molecule has 0 aliphatic carbocycles. The highest BCUT2D eigenvalue weighted by Crippen LogP contribution is 2.27. The molecule has 1 fully saturated rings. The van der Waals surface area contributed by atoms with Crippen molar-refractivity contribution in [2.24, 2.45) is 0 Å². The van der Waals surface area contributed by atoms with Crippen molar-refractivity contribution in [3.8, 4) is 0 Å². The van der Waals surface area contributed by atoms with Gasteiger partial charge in [-0.3, -0.25) is 4.79 Å². The van der Waals surface area contributed by atoms with Gasteiger partial charge in [-0.1, -0.05) is 0 Å². The summed E-state index contributed by atoms with van der Waals surface area (Å²) >= 11 is 1.54. The molecule has 1 amide bonds. The number of likely N-dealkylation sites (tertiary alicyclic amines) is 1. The Morgan fingerprint density at radius 1 is 1.50 bits per heavy atom. The third kappa shape index (κ3) is 2.63. The summed E-state index contributed by atoms with van der Waals surface area (Å²) in [5.74, 6) is 1.51. The third-order valence-electron chi connectivity index (χ3n) is 3.76. The van der Waals surface area contributed by atoms with Gasteiger partial charge in [0.1, 0.15) is 5.82 Å². The summed E-state index contributed by atoms with van der Waals surface area (Å²) in [6.07, 6.45) is 4.00. The number of carbonyl (C=O) groups is 1. The van der Waals surface area contributed by atoms with Crippen LogP contribution in [0.4, 0.5) is 0 Å². The minimum absolute atomic E-state index is 0.163. The number of amides is 1. The van der Waals surface area contributed by atoms with Gasteiger partial charge < -0.3 is 9.88 Å². The number of H-pyrrole nitrogens is 1. The van der Waals surface area contributed by atoms with E-state index in [1.165, 1.54) is 11.3 Å². The molecule has 0 saturated carbocycles. The number of nitrogens with one attached hydrogen (secondary N) is 1. The van der Waals surface area contributed by atoms with Crippen LogP contribution in [0.2, 0.25) is 0 Å². The van der Waals surface area contributed by atoms with Gasteiger partial charge in [0.25, 0.3) is 5.91 Å². The summed E-state index contributed by atoms with van der Waals surface area (Å²) in [7, 11) is 0. The summed E-state index contributed by atoms with van der Waals surface area (Å²) in [6, 6.07) is 1.98. The highest BCUT2D eigenvalue weighted by Gasteiger charge is 2.27. The van der Waals surface area contributed by atoms with E-state index in [0.717, 1.165) is 47.9 Å². The summed E-state index contributed by atoms with van der Waals surface area (Å²) in [5, 5.41) is 2.03. The molecule has 0 radical (unpaired) electrons. The first-order chi connectivity index (χ1) is 9.63. The van der Waals surface area contributed by atoms with Crippen molar-refractivity contribution in [3.63, 3.8) is 0 Å². The third-order valence-corrected chi connectivity index (χ3v) is 4.80. The first-order valence-electron chi connectivity index (χ1n) is 6.99. The lowest BCUT2D eigenvalue weighted by Crippen LogP contribution is -2.39. The lowest BCUT2D eigenvalue weighted by atomic mass is 9.97. The van der Waals surface area contributed by atoms with Gasteiger partial charge in [0.2, 0.25) is 0 Å². The maximum atomic E-state index is 12.5. The molecular weight excluding hydrogens is 270 g/mol. The normalized spacial score (nSPS) is 19.3. The zero-order valence-corrected chi connectivity index (χ0v) is 12.7. The molecule has 2 aromatic rings. The predicted octanol–water partition coefficient (Wildman–Crippen LogP) is 3.11. The number of hydrogen-bond donors (Lipinski definition) is 1. The fourth-order valence-corrected chi connectivity index (χ4v) is 3.59. The second-order valence-corrected chi connectivity index (χ2v) is 6.44. The Morgan fingerprint density at radius 3 is 3.00 bits per heavy atom. The van der Waals surface area contributed by atoms with Crippen molar-refractivity contribution in [1.29, 1.82) is 0 Å². The van der Waals surface area contributed by atoms with E-state index >= 15 is 0 Å². The van der Waals surface area contributed by atoms with E-state index in [9.17, 15) is 4.79 Å². The Bertz CT molecular complexity index is 616. The molecular formula is C15H19N3OS. The number of piperidine rings is 1. The summed E-state index contributed by atoms with van der Waals surface area (Å²) < 4.78 is 0. The van der Waals surface area contributed by atoms with E-state index in [2.05, 4.69) is 9.97 Å². The molecule has 1 atom stereocenters. The number of nitrogens with zero attached hydrogens (tertiary/aromatic N) is 2.